The molecular formula is C9H18O4S. The van der Waals surface area contributed by atoms with Crippen molar-refractivity contribution in [3.05, 3.63) is 0 Å². The maximum absolute atomic E-state index is 11.7. The maximum atomic E-state index is 11.7. The lowest BCUT2D eigenvalue weighted by molar-refractivity contribution is -0.126. The van der Waals surface area contributed by atoms with Gasteiger partial charge in [0.2, 0.25) is 0 Å². The molecule has 1 atom stereocenters. The molecule has 0 saturated carbocycles. The number of aliphatic hydroxyl groups is 1. The molecule has 0 heterocycles. The third-order valence-electron chi connectivity index (χ3n) is 2.03. The molecule has 4 nitrogen and oxygen atoms in total. The lowest BCUT2D eigenvalue weighted by Crippen LogP contribution is -2.41. The van der Waals surface area contributed by atoms with Gasteiger partial charge in [0.25, 0.3) is 0 Å². The minimum atomic E-state index is -3.49. The second-order valence-electron chi connectivity index (χ2n) is 4.24. The van der Waals surface area contributed by atoms with Crippen molar-refractivity contribution in [3.63, 3.8) is 0 Å². The van der Waals surface area contributed by atoms with E-state index < -0.39 is 32.9 Å². The molecule has 0 aromatic rings. The first-order valence-electron chi connectivity index (χ1n) is 4.53. The Morgan fingerprint density at radius 2 is 1.79 bits per heavy atom. The number of rotatable bonds is 4. The van der Waals surface area contributed by atoms with Crippen molar-refractivity contribution >= 4 is 15.6 Å². The van der Waals surface area contributed by atoms with Crippen LogP contribution in [-0.4, -0.2) is 36.9 Å². The van der Waals surface area contributed by atoms with Crippen LogP contribution >= 0.6 is 0 Å². The van der Waals surface area contributed by atoms with Gasteiger partial charge >= 0.3 is 0 Å². The summed E-state index contributed by atoms with van der Waals surface area (Å²) < 4.78 is 22.9. The van der Waals surface area contributed by atoms with E-state index in [1.165, 1.54) is 6.92 Å². The average Bonchev–Trinajstić information content (AvgIpc) is 2.03. The van der Waals surface area contributed by atoms with Crippen molar-refractivity contribution < 1.29 is 18.3 Å². The van der Waals surface area contributed by atoms with E-state index in [1.807, 2.05) is 0 Å². The van der Waals surface area contributed by atoms with Crippen molar-refractivity contribution in [1.82, 2.24) is 0 Å². The second kappa shape index (κ2) is 4.40. The highest BCUT2D eigenvalue weighted by Crippen LogP contribution is 2.20. The van der Waals surface area contributed by atoms with Crippen LogP contribution in [0.5, 0.6) is 0 Å². The largest absolute Gasteiger partial charge is 0.395 e. The second-order valence-corrected chi connectivity index (χ2v) is 6.71. The molecule has 0 fully saturated rings. The Morgan fingerprint density at radius 1 is 1.36 bits per heavy atom. The van der Waals surface area contributed by atoms with Crippen LogP contribution in [0, 0.1) is 5.41 Å². The number of sulfone groups is 1. The van der Waals surface area contributed by atoms with Crippen molar-refractivity contribution in [2.75, 3.05) is 12.4 Å². The number of ketones is 1. The summed E-state index contributed by atoms with van der Waals surface area (Å²) in [7, 11) is -3.49. The number of carbonyl (C=O) groups excluding carboxylic acids is 1. The molecule has 14 heavy (non-hydrogen) atoms. The molecule has 0 aliphatic rings. The van der Waals surface area contributed by atoms with Gasteiger partial charge in [-0.05, 0) is 0 Å². The van der Waals surface area contributed by atoms with Crippen LogP contribution in [-0.2, 0) is 14.6 Å². The molecule has 0 unspecified atom stereocenters. The Hall–Kier alpha value is -0.420. The third kappa shape index (κ3) is 3.06. The molecule has 1 N–H and O–H groups in total. The molecule has 0 rings (SSSR count). The number of hydrogen-bond donors (Lipinski definition) is 1. The first-order chi connectivity index (χ1) is 6.16. The molecule has 0 bridgehead atoms. The Balaban J connectivity index is 5.04. The first-order valence-corrected chi connectivity index (χ1v) is 6.25. The monoisotopic (exact) mass is 222 g/mol. The zero-order valence-electron chi connectivity index (χ0n) is 9.07. The summed E-state index contributed by atoms with van der Waals surface area (Å²) in [5, 5.41) is 7.66. The summed E-state index contributed by atoms with van der Waals surface area (Å²) >= 11 is 0. The summed E-state index contributed by atoms with van der Waals surface area (Å²) in [6.07, 6.45) is 0. The van der Waals surface area contributed by atoms with Crippen LogP contribution in [0.1, 0.15) is 27.7 Å². The fourth-order valence-corrected chi connectivity index (χ4v) is 2.35. The van der Waals surface area contributed by atoms with Crippen LogP contribution in [0.3, 0.4) is 0 Å². The summed E-state index contributed by atoms with van der Waals surface area (Å²) in [5.74, 6) is -0.554. The van der Waals surface area contributed by atoms with Gasteiger partial charge < -0.3 is 5.11 Å². The van der Waals surface area contributed by atoms with Gasteiger partial charge in [0.1, 0.15) is 5.25 Å². The van der Waals surface area contributed by atoms with E-state index in [9.17, 15) is 13.2 Å². The fourth-order valence-electron chi connectivity index (χ4n) is 1.04. The summed E-state index contributed by atoms with van der Waals surface area (Å²) in [6, 6.07) is 0. The highest BCUT2D eigenvalue weighted by molar-refractivity contribution is 7.92. The van der Waals surface area contributed by atoms with E-state index in [1.54, 1.807) is 20.8 Å². The average molecular weight is 222 g/mol. The summed E-state index contributed by atoms with van der Waals surface area (Å²) in [6.45, 7) is 5.76. The van der Waals surface area contributed by atoms with Crippen LogP contribution in [0.25, 0.3) is 0 Å². The molecule has 0 aliphatic carbocycles. The Kier molecular flexibility index (Phi) is 4.27. The predicted octanol–water partition coefficient (Wildman–Crippen LogP) is 0.397. The minimum absolute atomic E-state index is 0.125. The molecular weight excluding hydrogens is 204 g/mol. The molecule has 0 aliphatic heterocycles. The van der Waals surface area contributed by atoms with Crippen LogP contribution in [0.15, 0.2) is 0 Å². The van der Waals surface area contributed by atoms with Gasteiger partial charge in [-0.2, -0.15) is 0 Å². The number of Topliss-reactive ketones (excluding diaryl/α,β-unsaturated/α-hetero) is 1. The highest BCUT2D eigenvalue weighted by Gasteiger charge is 2.36. The SMILES string of the molecule is CCS(=O)(=O)[C@@H](CO)C(=O)C(C)(C)C. The normalized spacial score (nSPS) is 15.2. The molecule has 0 saturated heterocycles. The van der Waals surface area contributed by atoms with Crippen LogP contribution in [0.2, 0.25) is 0 Å². The molecule has 0 amide bonds. The minimum Gasteiger partial charge on any atom is -0.395 e. The van der Waals surface area contributed by atoms with Crippen LogP contribution in [0.4, 0.5) is 0 Å². The van der Waals surface area contributed by atoms with Gasteiger partial charge in [-0.15, -0.1) is 0 Å². The van der Waals surface area contributed by atoms with Gasteiger partial charge in [-0.1, -0.05) is 27.7 Å². The maximum Gasteiger partial charge on any atom is 0.162 e. The highest BCUT2D eigenvalue weighted by atomic mass is 32.2. The quantitative estimate of drug-likeness (QED) is 0.747. The van der Waals surface area contributed by atoms with E-state index in [2.05, 4.69) is 0 Å². The number of carbonyl (C=O) groups is 1. The Bertz CT molecular complexity index is 297. The summed E-state index contributed by atoms with van der Waals surface area (Å²) in [4.78, 5) is 11.7. The van der Waals surface area contributed by atoms with Crippen LogP contribution < -0.4 is 0 Å². The van der Waals surface area contributed by atoms with Gasteiger partial charge in [0.05, 0.1) is 6.61 Å². The molecule has 0 aromatic carbocycles. The standard InChI is InChI=1S/C9H18O4S/c1-5-14(12,13)7(6-10)8(11)9(2,3)4/h7,10H,5-6H2,1-4H3/t7-/m0/s1. The molecule has 5 heteroatoms. The van der Waals surface area contributed by atoms with Crippen molar-refractivity contribution in [2.24, 2.45) is 5.41 Å². The topological polar surface area (TPSA) is 71.4 Å². The van der Waals surface area contributed by atoms with Gasteiger partial charge in [-0.25, -0.2) is 8.42 Å². The van der Waals surface area contributed by atoms with E-state index in [4.69, 9.17) is 5.11 Å². The lowest BCUT2D eigenvalue weighted by Gasteiger charge is -2.22. The number of hydrogen-bond acceptors (Lipinski definition) is 4. The van der Waals surface area contributed by atoms with E-state index in [-0.39, 0.29) is 5.75 Å². The van der Waals surface area contributed by atoms with E-state index in [0.29, 0.717) is 0 Å². The smallest absolute Gasteiger partial charge is 0.162 e. The summed E-state index contributed by atoms with van der Waals surface area (Å²) in [5.41, 5.74) is -0.740. The Labute approximate surface area is 85.2 Å². The fraction of sp³-hybridized carbons (Fsp3) is 0.889. The molecule has 0 radical (unpaired) electrons. The van der Waals surface area contributed by atoms with E-state index >= 15 is 0 Å². The zero-order chi connectivity index (χ0) is 11.6. The number of aliphatic hydroxyl groups excluding tert-OH is 1. The van der Waals surface area contributed by atoms with Crippen molar-refractivity contribution in [2.45, 2.75) is 32.9 Å². The molecule has 84 valence electrons. The van der Waals surface area contributed by atoms with Gasteiger partial charge in [0.15, 0.2) is 15.6 Å². The first kappa shape index (κ1) is 13.6. The van der Waals surface area contributed by atoms with Crippen molar-refractivity contribution in [1.29, 1.82) is 0 Å². The Morgan fingerprint density at radius 3 is 2.00 bits per heavy atom. The lowest BCUT2D eigenvalue weighted by atomic mass is 9.89. The zero-order valence-corrected chi connectivity index (χ0v) is 9.89. The molecule has 0 spiro atoms. The molecule has 0 aromatic heterocycles. The predicted molar refractivity (Wildman–Crippen MR) is 54.8 cm³/mol. The van der Waals surface area contributed by atoms with Gasteiger partial charge in [0, 0.05) is 11.2 Å². The van der Waals surface area contributed by atoms with Crippen molar-refractivity contribution in [3.8, 4) is 0 Å². The van der Waals surface area contributed by atoms with E-state index in [0.717, 1.165) is 0 Å². The van der Waals surface area contributed by atoms with Gasteiger partial charge in [-0.3, -0.25) is 4.79 Å². The third-order valence-corrected chi connectivity index (χ3v) is 4.07.